The van der Waals surface area contributed by atoms with Gasteiger partial charge in [0.15, 0.2) is 6.61 Å². The molecule has 2 amide bonds. The lowest BCUT2D eigenvalue weighted by molar-refractivity contribution is -0.129. The van der Waals surface area contributed by atoms with Crippen LogP contribution in [0.15, 0.2) is 48.5 Å². The monoisotopic (exact) mass is 344 g/mol. The highest BCUT2D eigenvalue weighted by molar-refractivity contribution is 5.84. The number of methoxy groups -OCH3 is 2. The lowest BCUT2D eigenvalue weighted by Crippen LogP contribution is -2.44. The standard InChI is InChI=1S/C18H20N2O5/c1-23-14-7-5-8-15(11-14)25-12-18(22)20-19-17(21)10-13-6-3-4-9-16(13)24-2/h3-9,11H,10,12H2,1-2H3,(H,19,21)(H,20,22). The van der Waals surface area contributed by atoms with Crippen molar-refractivity contribution >= 4 is 11.8 Å². The maximum Gasteiger partial charge on any atom is 0.276 e. The molecule has 0 saturated carbocycles. The zero-order valence-electron chi connectivity index (χ0n) is 14.1. The topological polar surface area (TPSA) is 85.9 Å². The first-order valence-corrected chi connectivity index (χ1v) is 7.59. The van der Waals surface area contributed by atoms with Gasteiger partial charge in [-0.1, -0.05) is 24.3 Å². The molecule has 2 N–H and O–H groups in total. The normalized spacial score (nSPS) is 9.84. The minimum absolute atomic E-state index is 0.0844. The van der Waals surface area contributed by atoms with Crippen LogP contribution in [0.3, 0.4) is 0 Å². The number of ether oxygens (including phenoxy) is 3. The van der Waals surface area contributed by atoms with Crippen LogP contribution < -0.4 is 25.1 Å². The minimum atomic E-state index is -0.476. The zero-order chi connectivity index (χ0) is 18.1. The van der Waals surface area contributed by atoms with Gasteiger partial charge in [-0.25, -0.2) is 0 Å². The molecule has 2 aromatic carbocycles. The van der Waals surface area contributed by atoms with E-state index in [0.717, 1.165) is 5.56 Å². The van der Waals surface area contributed by atoms with Gasteiger partial charge >= 0.3 is 0 Å². The number of hydrogen-bond acceptors (Lipinski definition) is 5. The average Bonchev–Trinajstić information content (AvgIpc) is 2.65. The molecule has 0 atom stereocenters. The van der Waals surface area contributed by atoms with Crippen molar-refractivity contribution in [2.75, 3.05) is 20.8 Å². The van der Waals surface area contributed by atoms with Gasteiger partial charge in [0.1, 0.15) is 17.2 Å². The molecule has 0 bridgehead atoms. The van der Waals surface area contributed by atoms with Crippen molar-refractivity contribution in [1.29, 1.82) is 0 Å². The molecule has 0 unspecified atom stereocenters. The van der Waals surface area contributed by atoms with Crippen LogP contribution in [-0.4, -0.2) is 32.6 Å². The number of amides is 2. The van der Waals surface area contributed by atoms with Gasteiger partial charge in [0.2, 0.25) is 5.91 Å². The van der Waals surface area contributed by atoms with Gasteiger partial charge in [0.25, 0.3) is 5.91 Å². The Balaban J connectivity index is 1.76. The molecule has 0 aromatic heterocycles. The summed E-state index contributed by atoms with van der Waals surface area (Å²) in [6.07, 6.45) is 0.0844. The second kappa shape index (κ2) is 9.17. The number of benzene rings is 2. The van der Waals surface area contributed by atoms with Crippen LogP contribution >= 0.6 is 0 Å². The molecule has 2 rings (SSSR count). The summed E-state index contributed by atoms with van der Waals surface area (Å²) >= 11 is 0. The summed E-state index contributed by atoms with van der Waals surface area (Å²) in [5.41, 5.74) is 5.37. The Kier molecular flexibility index (Phi) is 6.65. The number of carbonyl (C=O) groups is 2. The molecule has 2 aromatic rings. The fourth-order valence-corrected chi connectivity index (χ4v) is 2.08. The highest BCUT2D eigenvalue weighted by Crippen LogP contribution is 2.19. The zero-order valence-corrected chi connectivity index (χ0v) is 14.1. The highest BCUT2D eigenvalue weighted by atomic mass is 16.5. The Morgan fingerprint density at radius 1 is 0.880 bits per heavy atom. The van der Waals surface area contributed by atoms with Crippen LogP contribution in [0.2, 0.25) is 0 Å². The summed E-state index contributed by atoms with van der Waals surface area (Å²) in [7, 11) is 3.08. The molecule has 0 aliphatic carbocycles. The quantitative estimate of drug-likeness (QED) is 0.743. The molecular weight excluding hydrogens is 324 g/mol. The summed E-state index contributed by atoms with van der Waals surface area (Å²) in [5, 5.41) is 0. The predicted octanol–water partition coefficient (Wildman–Crippen LogP) is 1.47. The number of hydrogen-bond donors (Lipinski definition) is 2. The van der Waals surface area contributed by atoms with Crippen molar-refractivity contribution < 1.29 is 23.8 Å². The Morgan fingerprint density at radius 2 is 1.60 bits per heavy atom. The second-order valence-electron chi connectivity index (χ2n) is 5.05. The molecule has 0 heterocycles. The molecule has 7 heteroatoms. The predicted molar refractivity (Wildman–Crippen MR) is 91.5 cm³/mol. The smallest absolute Gasteiger partial charge is 0.276 e. The van der Waals surface area contributed by atoms with Gasteiger partial charge in [-0.05, 0) is 18.2 Å². The van der Waals surface area contributed by atoms with E-state index in [1.165, 1.54) is 7.11 Å². The summed E-state index contributed by atoms with van der Waals surface area (Å²) in [6.45, 7) is -0.234. The molecule has 7 nitrogen and oxygen atoms in total. The Labute approximate surface area is 145 Å². The highest BCUT2D eigenvalue weighted by Gasteiger charge is 2.09. The van der Waals surface area contributed by atoms with Crippen molar-refractivity contribution in [3.8, 4) is 17.2 Å². The molecule has 0 spiro atoms. The van der Waals surface area contributed by atoms with Gasteiger partial charge in [-0.3, -0.25) is 20.4 Å². The van der Waals surface area contributed by atoms with E-state index in [4.69, 9.17) is 14.2 Å². The lowest BCUT2D eigenvalue weighted by Gasteiger charge is -2.11. The third-order valence-corrected chi connectivity index (χ3v) is 3.30. The fourth-order valence-electron chi connectivity index (χ4n) is 2.08. The van der Waals surface area contributed by atoms with E-state index in [0.29, 0.717) is 17.2 Å². The van der Waals surface area contributed by atoms with Crippen molar-refractivity contribution in [3.63, 3.8) is 0 Å². The largest absolute Gasteiger partial charge is 0.497 e. The first-order chi connectivity index (χ1) is 12.1. The first-order valence-electron chi connectivity index (χ1n) is 7.59. The summed E-state index contributed by atoms with van der Waals surface area (Å²) in [5.74, 6) is 0.902. The van der Waals surface area contributed by atoms with Crippen LogP contribution in [0, 0.1) is 0 Å². The second-order valence-corrected chi connectivity index (χ2v) is 5.05. The van der Waals surface area contributed by atoms with Crippen LogP contribution in [-0.2, 0) is 16.0 Å². The Hall–Kier alpha value is -3.22. The van der Waals surface area contributed by atoms with E-state index >= 15 is 0 Å². The number of para-hydroxylation sites is 1. The van der Waals surface area contributed by atoms with E-state index < -0.39 is 5.91 Å². The minimum Gasteiger partial charge on any atom is -0.497 e. The number of hydrazine groups is 1. The van der Waals surface area contributed by atoms with Crippen LogP contribution in [0.4, 0.5) is 0 Å². The van der Waals surface area contributed by atoms with Crippen LogP contribution in [0.1, 0.15) is 5.56 Å². The number of nitrogens with one attached hydrogen (secondary N) is 2. The van der Waals surface area contributed by atoms with E-state index in [9.17, 15) is 9.59 Å². The summed E-state index contributed by atoms with van der Waals surface area (Å²) in [6, 6.07) is 14.1. The number of carbonyl (C=O) groups excluding carboxylic acids is 2. The molecule has 132 valence electrons. The van der Waals surface area contributed by atoms with Gasteiger partial charge in [-0.15, -0.1) is 0 Å². The molecule has 0 fully saturated rings. The van der Waals surface area contributed by atoms with E-state index in [-0.39, 0.29) is 18.9 Å². The summed E-state index contributed by atoms with van der Waals surface area (Å²) in [4.78, 5) is 23.6. The van der Waals surface area contributed by atoms with E-state index in [1.54, 1.807) is 43.5 Å². The van der Waals surface area contributed by atoms with Crippen LogP contribution in [0.25, 0.3) is 0 Å². The third kappa shape index (κ3) is 5.72. The molecular formula is C18H20N2O5. The number of rotatable bonds is 7. The van der Waals surface area contributed by atoms with Gasteiger partial charge < -0.3 is 14.2 Å². The molecule has 0 aliphatic heterocycles. The Bertz CT molecular complexity index is 733. The summed E-state index contributed by atoms with van der Waals surface area (Å²) < 4.78 is 15.6. The van der Waals surface area contributed by atoms with E-state index in [2.05, 4.69) is 10.9 Å². The molecule has 0 saturated heterocycles. The van der Waals surface area contributed by atoms with Gasteiger partial charge in [0, 0.05) is 11.6 Å². The van der Waals surface area contributed by atoms with Crippen LogP contribution in [0.5, 0.6) is 17.2 Å². The van der Waals surface area contributed by atoms with Crippen molar-refractivity contribution in [2.24, 2.45) is 0 Å². The lowest BCUT2D eigenvalue weighted by atomic mass is 10.1. The van der Waals surface area contributed by atoms with Gasteiger partial charge in [0.05, 0.1) is 20.6 Å². The fraction of sp³-hybridized carbons (Fsp3) is 0.222. The first kappa shape index (κ1) is 18.1. The third-order valence-electron chi connectivity index (χ3n) is 3.30. The van der Waals surface area contributed by atoms with Gasteiger partial charge in [-0.2, -0.15) is 0 Å². The van der Waals surface area contributed by atoms with E-state index in [1.807, 2.05) is 12.1 Å². The maximum atomic E-state index is 11.9. The maximum absolute atomic E-state index is 11.9. The molecule has 25 heavy (non-hydrogen) atoms. The molecule has 0 aliphatic rings. The Morgan fingerprint density at radius 3 is 2.36 bits per heavy atom. The van der Waals surface area contributed by atoms with Crippen molar-refractivity contribution in [2.45, 2.75) is 6.42 Å². The van der Waals surface area contributed by atoms with Crippen molar-refractivity contribution in [3.05, 3.63) is 54.1 Å². The van der Waals surface area contributed by atoms with Crippen molar-refractivity contribution in [1.82, 2.24) is 10.9 Å². The SMILES string of the molecule is COc1cccc(OCC(=O)NNC(=O)Cc2ccccc2OC)c1. The average molecular weight is 344 g/mol. The molecule has 0 radical (unpaired) electrons.